The molecule has 1 aliphatic heterocycles. The molecular formula is C12H14O. The summed E-state index contributed by atoms with van der Waals surface area (Å²) in [6.07, 6.45) is 4.85. The summed E-state index contributed by atoms with van der Waals surface area (Å²) in [7, 11) is 0. The van der Waals surface area contributed by atoms with Gasteiger partial charge in [0, 0.05) is 0 Å². The molecule has 2 atom stereocenters. The van der Waals surface area contributed by atoms with Gasteiger partial charge in [0.25, 0.3) is 0 Å². The summed E-state index contributed by atoms with van der Waals surface area (Å²) in [5.41, 5.74) is 1.39. The van der Waals surface area contributed by atoms with Gasteiger partial charge in [-0.15, -0.1) is 6.58 Å². The van der Waals surface area contributed by atoms with Crippen LogP contribution in [0.4, 0.5) is 0 Å². The van der Waals surface area contributed by atoms with Crippen molar-refractivity contribution in [3.8, 4) is 0 Å². The van der Waals surface area contributed by atoms with Crippen molar-refractivity contribution >= 4 is 0 Å². The van der Waals surface area contributed by atoms with Crippen LogP contribution >= 0.6 is 0 Å². The third-order valence-corrected chi connectivity index (χ3v) is 2.41. The van der Waals surface area contributed by atoms with Crippen LogP contribution in [-0.4, -0.2) is 12.2 Å². The fourth-order valence-electron chi connectivity index (χ4n) is 1.55. The van der Waals surface area contributed by atoms with Gasteiger partial charge in [-0.2, -0.15) is 0 Å². The summed E-state index contributed by atoms with van der Waals surface area (Å²) in [5, 5.41) is 0. The first kappa shape index (κ1) is 8.52. The lowest BCUT2D eigenvalue weighted by Crippen LogP contribution is -1.93. The van der Waals surface area contributed by atoms with Crippen LogP contribution in [0.15, 0.2) is 43.0 Å². The maximum absolute atomic E-state index is 5.37. The maximum atomic E-state index is 5.37. The van der Waals surface area contributed by atoms with Crippen LogP contribution in [0.5, 0.6) is 0 Å². The lowest BCUT2D eigenvalue weighted by atomic mass is 10.1. The van der Waals surface area contributed by atoms with Crippen LogP contribution in [0.25, 0.3) is 0 Å². The number of ether oxygens (including phenoxy) is 1. The highest BCUT2D eigenvalue weighted by Gasteiger charge is 2.34. The van der Waals surface area contributed by atoms with E-state index in [-0.39, 0.29) is 0 Å². The Labute approximate surface area is 79.0 Å². The number of benzene rings is 1. The van der Waals surface area contributed by atoms with Gasteiger partial charge in [-0.05, 0) is 18.4 Å². The highest BCUT2D eigenvalue weighted by molar-refractivity contribution is 5.15. The van der Waals surface area contributed by atoms with Gasteiger partial charge in [0.2, 0.25) is 0 Å². The Kier molecular flexibility index (Phi) is 2.46. The first-order chi connectivity index (χ1) is 6.40. The van der Waals surface area contributed by atoms with Crippen molar-refractivity contribution in [1.29, 1.82) is 0 Å². The van der Waals surface area contributed by atoms with Gasteiger partial charge in [-0.3, -0.25) is 0 Å². The van der Waals surface area contributed by atoms with Crippen LogP contribution < -0.4 is 0 Å². The van der Waals surface area contributed by atoms with Crippen molar-refractivity contribution < 1.29 is 4.74 Å². The predicted octanol–water partition coefficient (Wildman–Crippen LogP) is 2.57. The van der Waals surface area contributed by atoms with Crippen LogP contribution in [-0.2, 0) is 11.2 Å². The molecule has 0 radical (unpaired) electrons. The van der Waals surface area contributed by atoms with Crippen molar-refractivity contribution in [3.05, 3.63) is 48.6 Å². The number of hydrogen-bond acceptors (Lipinski definition) is 1. The summed E-state index contributed by atoms with van der Waals surface area (Å²) >= 11 is 0. The number of aryl methyl sites for hydroxylation is 1. The Morgan fingerprint density at radius 1 is 1.31 bits per heavy atom. The fourth-order valence-corrected chi connectivity index (χ4v) is 1.55. The molecule has 1 heteroatoms. The largest absolute Gasteiger partial charge is 0.365 e. The summed E-state index contributed by atoms with van der Waals surface area (Å²) in [6.45, 7) is 3.70. The molecule has 0 N–H and O–H groups in total. The van der Waals surface area contributed by atoms with Crippen LogP contribution in [0.1, 0.15) is 12.0 Å². The van der Waals surface area contributed by atoms with Crippen molar-refractivity contribution in [2.75, 3.05) is 0 Å². The topological polar surface area (TPSA) is 12.5 Å². The molecule has 1 fully saturated rings. The van der Waals surface area contributed by atoms with Gasteiger partial charge in [0.15, 0.2) is 0 Å². The average molecular weight is 174 g/mol. The highest BCUT2D eigenvalue weighted by Crippen LogP contribution is 2.27. The Hall–Kier alpha value is -1.08. The fraction of sp³-hybridized carbons (Fsp3) is 0.333. The molecule has 1 aromatic carbocycles. The van der Waals surface area contributed by atoms with E-state index in [4.69, 9.17) is 4.74 Å². The van der Waals surface area contributed by atoms with Gasteiger partial charge in [0.05, 0.1) is 6.10 Å². The van der Waals surface area contributed by atoms with Crippen molar-refractivity contribution in [3.63, 3.8) is 0 Å². The molecule has 1 nitrogen and oxygen atoms in total. The van der Waals surface area contributed by atoms with Gasteiger partial charge < -0.3 is 4.74 Å². The Bertz CT molecular complexity index is 278. The zero-order valence-corrected chi connectivity index (χ0v) is 7.65. The predicted molar refractivity (Wildman–Crippen MR) is 53.6 cm³/mol. The quantitative estimate of drug-likeness (QED) is 0.505. The molecule has 13 heavy (non-hydrogen) atoms. The van der Waals surface area contributed by atoms with Crippen LogP contribution in [0, 0.1) is 0 Å². The van der Waals surface area contributed by atoms with E-state index >= 15 is 0 Å². The average Bonchev–Trinajstić information content (AvgIpc) is 2.95. The van der Waals surface area contributed by atoms with E-state index in [2.05, 4.69) is 30.8 Å². The first-order valence-corrected chi connectivity index (χ1v) is 4.72. The van der Waals surface area contributed by atoms with E-state index in [9.17, 15) is 0 Å². The molecule has 0 bridgehead atoms. The van der Waals surface area contributed by atoms with Gasteiger partial charge >= 0.3 is 0 Å². The molecule has 0 spiro atoms. The second-order valence-corrected chi connectivity index (χ2v) is 3.40. The monoisotopic (exact) mass is 174 g/mol. The summed E-state index contributed by atoms with van der Waals surface area (Å²) in [4.78, 5) is 0. The molecular weight excluding hydrogens is 160 g/mol. The molecule has 1 saturated heterocycles. The van der Waals surface area contributed by atoms with Gasteiger partial charge in [0.1, 0.15) is 6.10 Å². The minimum atomic E-state index is 0.323. The van der Waals surface area contributed by atoms with Gasteiger partial charge in [-0.1, -0.05) is 36.4 Å². The van der Waals surface area contributed by atoms with E-state index in [0.717, 1.165) is 12.8 Å². The second kappa shape index (κ2) is 3.75. The van der Waals surface area contributed by atoms with Gasteiger partial charge in [-0.25, -0.2) is 0 Å². The van der Waals surface area contributed by atoms with E-state index in [1.807, 2.05) is 12.1 Å². The molecule has 1 aliphatic rings. The molecule has 2 rings (SSSR count). The molecule has 1 heterocycles. The van der Waals surface area contributed by atoms with E-state index in [1.165, 1.54) is 5.56 Å². The number of rotatable bonds is 4. The number of epoxide rings is 1. The third-order valence-electron chi connectivity index (χ3n) is 2.41. The number of hydrogen-bond donors (Lipinski definition) is 0. The Morgan fingerprint density at radius 3 is 2.69 bits per heavy atom. The molecule has 1 unspecified atom stereocenters. The molecule has 0 aromatic heterocycles. The SMILES string of the molecule is C=C[C@H]1OC1CCc1ccccc1. The van der Waals surface area contributed by atoms with Crippen LogP contribution in [0.3, 0.4) is 0 Å². The smallest absolute Gasteiger partial charge is 0.102 e. The van der Waals surface area contributed by atoms with Crippen LogP contribution in [0.2, 0.25) is 0 Å². The van der Waals surface area contributed by atoms with E-state index in [0.29, 0.717) is 12.2 Å². The summed E-state index contributed by atoms with van der Waals surface area (Å²) in [5.74, 6) is 0. The normalized spacial score (nSPS) is 25.5. The third kappa shape index (κ3) is 2.19. The summed E-state index contributed by atoms with van der Waals surface area (Å²) in [6, 6.07) is 10.5. The second-order valence-electron chi connectivity index (χ2n) is 3.40. The minimum Gasteiger partial charge on any atom is -0.365 e. The van der Waals surface area contributed by atoms with E-state index in [1.54, 1.807) is 0 Å². The highest BCUT2D eigenvalue weighted by atomic mass is 16.6. The lowest BCUT2D eigenvalue weighted by Gasteiger charge is -1.96. The Morgan fingerprint density at radius 2 is 2.08 bits per heavy atom. The maximum Gasteiger partial charge on any atom is 0.102 e. The van der Waals surface area contributed by atoms with Crippen molar-refractivity contribution in [2.24, 2.45) is 0 Å². The zero-order chi connectivity index (χ0) is 9.10. The van der Waals surface area contributed by atoms with Crippen molar-refractivity contribution in [1.82, 2.24) is 0 Å². The standard InChI is InChI=1S/C12H14O/c1-2-11-12(13-11)9-8-10-6-4-3-5-7-10/h2-7,11-12H,1,8-9H2/t11-,12?/m1/s1. The van der Waals surface area contributed by atoms with Crippen molar-refractivity contribution in [2.45, 2.75) is 25.0 Å². The Balaban J connectivity index is 1.78. The molecule has 0 saturated carbocycles. The first-order valence-electron chi connectivity index (χ1n) is 4.72. The molecule has 68 valence electrons. The zero-order valence-electron chi connectivity index (χ0n) is 7.65. The molecule has 1 aromatic rings. The van der Waals surface area contributed by atoms with E-state index < -0.39 is 0 Å². The molecule has 0 aliphatic carbocycles. The minimum absolute atomic E-state index is 0.323. The molecule has 0 amide bonds. The summed E-state index contributed by atoms with van der Waals surface area (Å²) < 4.78 is 5.37. The lowest BCUT2D eigenvalue weighted by molar-refractivity contribution is 0.379.